The zero-order valence-electron chi connectivity index (χ0n) is 9.44. The van der Waals surface area contributed by atoms with E-state index in [9.17, 15) is 0 Å². The molecule has 3 nitrogen and oxygen atoms in total. The van der Waals surface area contributed by atoms with Gasteiger partial charge in [0.25, 0.3) is 0 Å². The summed E-state index contributed by atoms with van der Waals surface area (Å²) in [5.74, 6) is 1.07. The third-order valence-corrected chi connectivity index (χ3v) is 3.00. The summed E-state index contributed by atoms with van der Waals surface area (Å²) in [5, 5.41) is 0. The van der Waals surface area contributed by atoms with Gasteiger partial charge in [-0.3, -0.25) is 0 Å². The van der Waals surface area contributed by atoms with Crippen LogP contribution in [-0.4, -0.2) is 31.3 Å². The molecule has 15 heavy (non-hydrogen) atoms. The monoisotopic (exact) mass is 206 g/mol. The molecule has 1 aliphatic heterocycles. The van der Waals surface area contributed by atoms with E-state index in [0.29, 0.717) is 6.04 Å². The maximum Gasteiger partial charge on any atom is 0.128 e. The Kier molecular flexibility index (Phi) is 3.21. The minimum Gasteiger partial charge on any atom is -0.381 e. The van der Waals surface area contributed by atoms with Crippen LogP contribution in [0, 0.1) is 6.92 Å². The smallest absolute Gasteiger partial charge is 0.128 e. The van der Waals surface area contributed by atoms with Gasteiger partial charge >= 0.3 is 0 Å². The van der Waals surface area contributed by atoms with Gasteiger partial charge in [-0.15, -0.1) is 0 Å². The maximum absolute atomic E-state index is 5.36. The highest BCUT2D eigenvalue weighted by Gasteiger charge is 2.19. The van der Waals surface area contributed by atoms with Crippen molar-refractivity contribution in [1.29, 1.82) is 0 Å². The van der Waals surface area contributed by atoms with Crippen molar-refractivity contribution in [1.82, 2.24) is 4.98 Å². The molecule has 3 heteroatoms. The van der Waals surface area contributed by atoms with Crippen molar-refractivity contribution in [2.75, 3.05) is 25.2 Å². The third-order valence-electron chi connectivity index (χ3n) is 3.00. The molecular formula is C12H18N2O. The number of aromatic nitrogens is 1. The lowest BCUT2D eigenvalue weighted by Crippen LogP contribution is -2.37. The molecule has 1 aromatic heterocycles. The topological polar surface area (TPSA) is 25.4 Å². The highest BCUT2D eigenvalue weighted by Crippen LogP contribution is 2.19. The van der Waals surface area contributed by atoms with E-state index in [1.807, 2.05) is 12.3 Å². The lowest BCUT2D eigenvalue weighted by atomic mass is 10.1. The summed E-state index contributed by atoms with van der Waals surface area (Å²) < 4.78 is 5.36. The Labute approximate surface area is 91.1 Å². The highest BCUT2D eigenvalue weighted by molar-refractivity contribution is 5.40. The van der Waals surface area contributed by atoms with Gasteiger partial charge in [0.1, 0.15) is 5.82 Å². The molecule has 0 aliphatic carbocycles. The molecule has 0 atom stereocenters. The predicted molar refractivity (Wildman–Crippen MR) is 61.2 cm³/mol. The van der Waals surface area contributed by atoms with Crippen molar-refractivity contribution >= 4 is 5.82 Å². The van der Waals surface area contributed by atoms with Crippen LogP contribution in [0.5, 0.6) is 0 Å². The van der Waals surface area contributed by atoms with Crippen LogP contribution in [0.15, 0.2) is 18.3 Å². The van der Waals surface area contributed by atoms with Crippen molar-refractivity contribution in [3.8, 4) is 0 Å². The normalized spacial score (nSPS) is 17.7. The van der Waals surface area contributed by atoms with Crippen LogP contribution in [0.2, 0.25) is 0 Å². The fourth-order valence-electron chi connectivity index (χ4n) is 1.97. The Morgan fingerprint density at radius 2 is 2.13 bits per heavy atom. The van der Waals surface area contributed by atoms with E-state index in [2.05, 4.69) is 29.9 Å². The lowest BCUT2D eigenvalue weighted by molar-refractivity contribution is 0.0853. The van der Waals surface area contributed by atoms with E-state index in [-0.39, 0.29) is 0 Å². The first-order valence-corrected chi connectivity index (χ1v) is 5.50. The van der Waals surface area contributed by atoms with Gasteiger partial charge in [-0.2, -0.15) is 0 Å². The van der Waals surface area contributed by atoms with Crippen LogP contribution in [0.4, 0.5) is 5.82 Å². The summed E-state index contributed by atoms with van der Waals surface area (Å²) >= 11 is 0. The Hall–Kier alpha value is -1.09. The van der Waals surface area contributed by atoms with Gasteiger partial charge in [0.15, 0.2) is 0 Å². The molecule has 0 amide bonds. The lowest BCUT2D eigenvalue weighted by Gasteiger charge is -2.32. The van der Waals surface area contributed by atoms with Crippen LogP contribution in [0.3, 0.4) is 0 Å². The van der Waals surface area contributed by atoms with E-state index >= 15 is 0 Å². The van der Waals surface area contributed by atoms with Gasteiger partial charge in [-0.25, -0.2) is 4.98 Å². The van der Waals surface area contributed by atoms with Crippen LogP contribution in [0.25, 0.3) is 0 Å². The Bertz CT molecular complexity index is 321. The first-order chi connectivity index (χ1) is 7.27. The molecular weight excluding hydrogens is 188 g/mol. The number of pyridine rings is 1. The third kappa shape index (κ3) is 2.48. The van der Waals surface area contributed by atoms with Gasteiger partial charge in [-0.05, 0) is 37.5 Å². The average Bonchev–Trinajstić information content (AvgIpc) is 2.29. The average molecular weight is 206 g/mol. The quantitative estimate of drug-likeness (QED) is 0.740. The number of nitrogens with zero attached hydrogens (tertiary/aromatic N) is 2. The van der Waals surface area contributed by atoms with Crippen molar-refractivity contribution in [2.45, 2.75) is 25.8 Å². The van der Waals surface area contributed by atoms with Crippen molar-refractivity contribution in [3.05, 3.63) is 23.9 Å². The Balaban J connectivity index is 2.08. The van der Waals surface area contributed by atoms with Gasteiger partial charge in [0, 0.05) is 32.5 Å². The summed E-state index contributed by atoms with van der Waals surface area (Å²) in [4.78, 5) is 6.67. The van der Waals surface area contributed by atoms with Crippen LogP contribution < -0.4 is 4.90 Å². The number of ether oxygens (including phenoxy) is 1. The number of anilines is 1. The molecule has 1 aromatic rings. The second kappa shape index (κ2) is 4.62. The van der Waals surface area contributed by atoms with E-state index in [0.717, 1.165) is 31.9 Å². The van der Waals surface area contributed by atoms with Crippen molar-refractivity contribution < 1.29 is 4.74 Å². The van der Waals surface area contributed by atoms with E-state index in [4.69, 9.17) is 4.74 Å². The molecule has 0 bridgehead atoms. The minimum absolute atomic E-state index is 0.577. The Morgan fingerprint density at radius 3 is 2.80 bits per heavy atom. The fourth-order valence-corrected chi connectivity index (χ4v) is 1.97. The standard InChI is InChI=1S/C12H18N2O/c1-10-3-6-13-12(9-10)14(2)11-4-7-15-8-5-11/h3,6,9,11H,4-5,7-8H2,1-2H3. The van der Waals surface area contributed by atoms with E-state index in [1.54, 1.807) is 0 Å². The fraction of sp³-hybridized carbons (Fsp3) is 0.583. The Morgan fingerprint density at radius 1 is 1.40 bits per heavy atom. The molecule has 0 radical (unpaired) electrons. The molecule has 1 fully saturated rings. The number of hydrogen-bond donors (Lipinski definition) is 0. The molecule has 82 valence electrons. The van der Waals surface area contributed by atoms with Crippen molar-refractivity contribution in [3.63, 3.8) is 0 Å². The molecule has 2 heterocycles. The van der Waals surface area contributed by atoms with Gasteiger partial charge < -0.3 is 9.64 Å². The van der Waals surface area contributed by atoms with Gasteiger partial charge in [0.2, 0.25) is 0 Å². The molecule has 1 aliphatic rings. The summed E-state index contributed by atoms with van der Waals surface area (Å²) in [6.07, 6.45) is 4.08. The molecule has 0 spiro atoms. The SMILES string of the molecule is Cc1ccnc(N(C)C2CCOCC2)c1. The second-order valence-electron chi connectivity index (χ2n) is 4.15. The summed E-state index contributed by atoms with van der Waals surface area (Å²) in [7, 11) is 2.12. The highest BCUT2D eigenvalue weighted by atomic mass is 16.5. The number of rotatable bonds is 2. The minimum atomic E-state index is 0.577. The second-order valence-corrected chi connectivity index (χ2v) is 4.15. The molecule has 0 saturated carbocycles. The maximum atomic E-state index is 5.36. The summed E-state index contributed by atoms with van der Waals surface area (Å²) in [6.45, 7) is 3.85. The van der Waals surface area contributed by atoms with E-state index < -0.39 is 0 Å². The molecule has 0 N–H and O–H groups in total. The van der Waals surface area contributed by atoms with Crippen LogP contribution in [0.1, 0.15) is 18.4 Å². The molecule has 1 saturated heterocycles. The predicted octanol–water partition coefficient (Wildman–Crippen LogP) is 2.01. The largest absolute Gasteiger partial charge is 0.381 e. The number of hydrogen-bond acceptors (Lipinski definition) is 3. The zero-order valence-corrected chi connectivity index (χ0v) is 9.44. The molecule has 0 unspecified atom stereocenters. The summed E-state index contributed by atoms with van der Waals surface area (Å²) in [5.41, 5.74) is 1.26. The van der Waals surface area contributed by atoms with Gasteiger partial charge in [0.05, 0.1) is 0 Å². The molecule has 2 rings (SSSR count). The van der Waals surface area contributed by atoms with Crippen LogP contribution >= 0.6 is 0 Å². The van der Waals surface area contributed by atoms with Gasteiger partial charge in [-0.1, -0.05) is 0 Å². The first kappa shape index (κ1) is 10.4. The summed E-state index contributed by atoms with van der Waals surface area (Å²) in [6, 6.07) is 4.74. The van der Waals surface area contributed by atoms with Crippen molar-refractivity contribution in [2.24, 2.45) is 0 Å². The van der Waals surface area contributed by atoms with Crippen LogP contribution in [-0.2, 0) is 4.74 Å². The number of aryl methyl sites for hydroxylation is 1. The van der Waals surface area contributed by atoms with E-state index in [1.165, 1.54) is 5.56 Å². The first-order valence-electron chi connectivity index (χ1n) is 5.50. The zero-order chi connectivity index (χ0) is 10.7. The molecule has 0 aromatic carbocycles.